The van der Waals surface area contributed by atoms with E-state index in [4.69, 9.17) is 5.41 Å². The molecule has 0 bridgehead atoms. The van der Waals surface area contributed by atoms with Crippen LogP contribution in [0, 0.1) is 5.41 Å². The predicted octanol–water partition coefficient (Wildman–Crippen LogP) is 5.97. The van der Waals surface area contributed by atoms with Crippen molar-refractivity contribution in [3.63, 3.8) is 0 Å². The Morgan fingerprint density at radius 1 is 1.29 bits per heavy atom. The number of pyridine rings is 1. The zero-order chi connectivity index (χ0) is 25.3. The standard InChI is InChI=1S/C26H35F2N5O/c1-6-9-13-32(12-7-2)26(34)22-14-21(31-16-24(27)28)20(15-30-22)25(29)23(8-3)33-17-18(4)10-11-19(33)5/h8,10-11,14-15,17,24,29H,5-7,9,12-13,16H2,1-4H3,(H,30,31)/b23-8-,29-25?. The molecule has 1 aromatic rings. The molecule has 2 heterocycles. The zero-order valence-corrected chi connectivity index (χ0v) is 20.5. The minimum Gasteiger partial charge on any atom is -0.379 e. The normalized spacial score (nSPS) is 13.9. The molecule has 0 unspecified atom stereocenters. The van der Waals surface area contributed by atoms with Crippen LogP contribution >= 0.6 is 0 Å². The Morgan fingerprint density at radius 3 is 2.65 bits per heavy atom. The number of allylic oxidation sites excluding steroid dienone is 5. The quantitative estimate of drug-likeness (QED) is 0.368. The molecule has 184 valence electrons. The lowest BCUT2D eigenvalue weighted by atomic mass is 10.0. The average molecular weight is 472 g/mol. The predicted molar refractivity (Wildman–Crippen MR) is 134 cm³/mol. The minimum atomic E-state index is -2.59. The summed E-state index contributed by atoms with van der Waals surface area (Å²) >= 11 is 0. The maximum Gasteiger partial charge on any atom is 0.272 e. The maximum absolute atomic E-state index is 13.1. The first-order chi connectivity index (χ1) is 16.2. The SMILES string of the molecule is C=C1C=CC(C)=CN1/C(=C\C)C(=N)c1cnc(C(=O)N(CCC)CCCC)cc1NCC(F)F. The van der Waals surface area contributed by atoms with Crippen molar-refractivity contribution in [2.75, 3.05) is 25.0 Å². The lowest BCUT2D eigenvalue weighted by Crippen LogP contribution is -2.33. The molecule has 6 nitrogen and oxygen atoms in total. The number of hydrogen-bond donors (Lipinski definition) is 2. The third-order valence-electron chi connectivity index (χ3n) is 5.37. The van der Waals surface area contributed by atoms with Crippen molar-refractivity contribution >= 4 is 17.3 Å². The van der Waals surface area contributed by atoms with E-state index in [1.807, 2.05) is 32.2 Å². The number of nitrogens with one attached hydrogen (secondary N) is 2. The van der Waals surface area contributed by atoms with Gasteiger partial charge in [-0.1, -0.05) is 39.0 Å². The number of anilines is 1. The monoisotopic (exact) mass is 471 g/mol. The fraction of sp³-hybridized carbons (Fsp3) is 0.423. The summed E-state index contributed by atoms with van der Waals surface area (Å²) < 4.78 is 26.1. The van der Waals surface area contributed by atoms with Crippen LogP contribution in [0.5, 0.6) is 0 Å². The van der Waals surface area contributed by atoms with Crippen LogP contribution in [0.15, 0.2) is 60.2 Å². The van der Waals surface area contributed by atoms with Crippen molar-refractivity contribution in [1.29, 1.82) is 5.41 Å². The Labute approximate surface area is 201 Å². The highest BCUT2D eigenvalue weighted by Crippen LogP contribution is 2.27. The summed E-state index contributed by atoms with van der Waals surface area (Å²) in [5.41, 5.74) is 3.05. The van der Waals surface area contributed by atoms with Crippen molar-refractivity contribution in [2.24, 2.45) is 0 Å². The van der Waals surface area contributed by atoms with E-state index in [1.54, 1.807) is 22.8 Å². The summed E-state index contributed by atoms with van der Waals surface area (Å²) in [6.45, 7) is 12.4. The van der Waals surface area contributed by atoms with Gasteiger partial charge < -0.3 is 15.1 Å². The van der Waals surface area contributed by atoms with Crippen molar-refractivity contribution in [3.05, 3.63) is 71.5 Å². The Hall–Kier alpha value is -3.29. The molecule has 1 amide bonds. The van der Waals surface area contributed by atoms with Crippen LogP contribution in [0.1, 0.15) is 63.0 Å². The first-order valence-corrected chi connectivity index (χ1v) is 11.6. The summed E-state index contributed by atoms with van der Waals surface area (Å²) in [6.07, 6.45) is 8.85. The van der Waals surface area contributed by atoms with Crippen molar-refractivity contribution in [2.45, 2.75) is 53.4 Å². The second-order valence-electron chi connectivity index (χ2n) is 8.15. The van der Waals surface area contributed by atoms with Gasteiger partial charge >= 0.3 is 0 Å². The highest BCUT2D eigenvalue weighted by molar-refractivity contribution is 6.14. The molecule has 0 fully saturated rings. The van der Waals surface area contributed by atoms with Crippen molar-refractivity contribution in [1.82, 2.24) is 14.8 Å². The molecule has 0 atom stereocenters. The number of carbonyl (C=O) groups excluding carboxylic acids is 1. The molecule has 0 saturated heterocycles. The summed E-state index contributed by atoms with van der Waals surface area (Å²) in [5.74, 6) is -0.243. The number of halogens is 2. The highest BCUT2D eigenvalue weighted by Gasteiger charge is 2.23. The van der Waals surface area contributed by atoms with Gasteiger partial charge in [-0.2, -0.15) is 0 Å². The second-order valence-corrected chi connectivity index (χ2v) is 8.15. The fourth-order valence-electron chi connectivity index (χ4n) is 3.60. The number of nitrogens with zero attached hydrogens (tertiary/aromatic N) is 3. The molecule has 0 radical (unpaired) electrons. The highest BCUT2D eigenvalue weighted by atomic mass is 19.3. The van der Waals surface area contributed by atoms with E-state index in [9.17, 15) is 13.6 Å². The third kappa shape index (κ3) is 6.85. The first-order valence-electron chi connectivity index (χ1n) is 11.6. The van der Waals surface area contributed by atoms with Gasteiger partial charge in [0.1, 0.15) is 5.69 Å². The van der Waals surface area contributed by atoms with E-state index < -0.39 is 13.0 Å². The van der Waals surface area contributed by atoms with Crippen LogP contribution in [0.3, 0.4) is 0 Å². The largest absolute Gasteiger partial charge is 0.379 e. The van der Waals surface area contributed by atoms with Gasteiger partial charge in [-0.25, -0.2) is 8.78 Å². The van der Waals surface area contributed by atoms with E-state index in [0.717, 1.165) is 24.8 Å². The molecule has 2 rings (SSSR count). The molecular formula is C26H35F2N5O. The number of alkyl halides is 2. The number of aromatic nitrogens is 1. The van der Waals surface area contributed by atoms with Crippen molar-refractivity contribution in [3.8, 4) is 0 Å². The van der Waals surface area contributed by atoms with E-state index >= 15 is 0 Å². The average Bonchev–Trinajstić information content (AvgIpc) is 2.82. The molecule has 8 heteroatoms. The molecule has 34 heavy (non-hydrogen) atoms. The maximum atomic E-state index is 13.1. The number of carbonyl (C=O) groups is 1. The van der Waals surface area contributed by atoms with Gasteiger partial charge in [0.2, 0.25) is 0 Å². The summed E-state index contributed by atoms with van der Waals surface area (Å²) in [7, 11) is 0. The fourth-order valence-corrected chi connectivity index (χ4v) is 3.60. The molecular weight excluding hydrogens is 436 g/mol. The van der Waals surface area contributed by atoms with Gasteiger partial charge in [0, 0.05) is 42.4 Å². The topological polar surface area (TPSA) is 72.3 Å². The van der Waals surface area contributed by atoms with Gasteiger partial charge in [-0.15, -0.1) is 0 Å². The number of hydrogen-bond acceptors (Lipinski definition) is 5. The third-order valence-corrected chi connectivity index (χ3v) is 5.37. The lowest BCUT2D eigenvalue weighted by molar-refractivity contribution is 0.0747. The van der Waals surface area contributed by atoms with Gasteiger partial charge in [-0.3, -0.25) is 15.2 Å². The molecule has 0 saturated carbocycles. The molecule has 2 N–H and O–H groups in total. The van der Waals surface area contributed by atoms with E-state index in [2.05, 4.69) is 23.8 Å². The summed E-state index contributed by atoms with van der Waals surface area (Å²) in [5, 5.41) is 11.6. The van der Waals surface area contributed by atoms with Gasteiger partial charge in [-0.05, 0) is 44.4 Å². The van der Waals surface area contributed by atoms with Gasteiger partial charge in [0.25, 0.3) is 12.3 Å². The van der Waals surface area contributed by atoms with Crippen LogP contribution in [0.25, 0.3) is 0 Å². The Balaban J connectivity index is 2.44. The van der Waals surface area contributed by atoms with E-state index in [-0.39, 0.29) is 23.0 Å². The van der Waals surface area contributed by atoms with Crippen LogP contribution in [0.2, 0.25) is 0 Å². The number of amides is 1. The lowest BCUT2D eigenvalue weighted by Gasteiger charge is -2.28. The zero-order valence-electron chi connectivity index (χ0n) is 20.5. The molecule has 1 aliphatic heterocycles. The van der Waals surface area contributed by atoms with E-state index in [0.29, 0.717) is 30.0 Å². The smallest absolute Gasteiger partial charge is 0.272 e. The van der Waals surface area contributed by atoms with Crippen LogP contribution in [-0.4, -0.2) is 52.5 Å². The van der Waals surface area contributed by atoms with Crippen LogP contribution in [-0.2, 0) is 0 Å². The number of rotatable bonds is 12. The van der Waals surface area contributed by atoms with Crippen LogP contribution < -0.4 is 5.32 Å². The van der Waals surface area contributed by atoms with Crippen molar-refractivity contribution < 1.29 is 13.6 Å². The Bertz CT molecular complexity index is 997. The minimum absolute atomic E-state index is 0.0858. The number of unbranched alkanes of at least 4 members (excludes halogenated alkanes) is 1. The molecule has 0 aromatic carbocycles. The first kappa shape index (κ1) is 27.0. The van der Waals surface area contributed by atoms with Gasteiger partial charge in [0.05, 0.1) is 18.0 Å². The Kier molecular flexibility index (Phi) is 10.2. The van der Waals surface area contributed by atoms with E-state index in [1.165, 1.54) is 12.3 Å². The summed E-state index contributed by atoms with van der Waals surface area (Å²) in [6, 6.07) is 1.47. The molecule has 1 aliphatic rings. The van der Waals surface area contributed by atoms with Crippen LogP contribution in [0.4, 0.5) is 14.5 Å². The van der Waals surface area contributed by atoms with Gasteiger partial charge in [0.15, 0.2) is 0 Å². The molecule has 0 aliphatic carbocycles. The molecule has 0 spiro atoms. The molecule has 1 aromatic heterocycles. The Morgan fingerprint density at radius 2 is 2.03 bits per heavy atom. The second kappa shape index (κ2) is 12.8. The summed E-state index contributed by atoms with van der Waals surface area (Å²) in [4.78, 5) is 21.0.